The van der Waals surface area contributed by atoms with E-state index in [0.717, 1.165) is 0 Å². The number of hydrogen-bond acceptors (Lipinski definition) is 7. The first-order valence-electron chi connectivity index (χ1n) is 7.16. The number of anilines is 2. The van der Waals surface area contributed by atoms with Crippen molar-refractivity contribution in [3.05, 3.63) is 29.7 Å². The summed E-state index contributed by atoms with van der Waals surface area (Å²) in [5, 5.41) is 0. The molecule has 7 nitrogen and oxygen atoms in total. The van der Waals surface area contributed by atoms with Crippen molar-refractivity contribution in [2.45, 2.75) is 26.4 Å². The molecule has 0 radical (unpaired) electrons. The predicted molar refractivity (Wildman–Crippen MR) is 81.8 cm³/mol. The number of ether oxygens (including phenoxy) is 3. The highest BCUT2D eigenvalue weighted by molar-refractivity contribution is 5.63. The number of hydrogen-bond donors (Lipinski definition) is 2. The molecule has 1 saturated heterocycles. The van der Waals surface area contributed by atoms with Gasteiger partial charge in [-0.25, -0.2) is 14.4 Å². The van der Waals surface area contributed by atoms with Crippen LogP contribution >= 0.6 is 0 Å². The Hall–Kier alpha value is -2.45. The van der Waals surface area contributed by atoms with Crippen molar-refractivity contribution < 1.29 is 18.6 Å². The first-order valence-corrected chi connectivity index (χ1v) is 7.16. The quantitative estimate of drug-likeness (QED) is 0.832. The molecule has 0 spiro atoms. The lowest BCUT2D eigenvalue weighted by atomic mass is 10.1. The lowest BCUT2D eigenvalue weighted by Gasteiger charge is -2.34. The van der Waals surface area contributed by atoms with Crippen LogP contribution in [0, 0.1) is 5.82 Å². The van der Waals surface area contributed by atoms with Crippen LogP contribution in [0.1, 0.15) is 25.8 Å². The van der Waals surface area contributed by atoms with Gasteiger partial charge in [-0.05, 0) is 32.0 Å². The second-order valence-electron chi connectivity index (χ2n) is 4.99. The van der Waals surface area contributed by atoms with Gasteiger partial charge in [0.05, 0.1) is 12.2 Å². The van der Waals surface area contributed by atoms with Crippen molar-refractivity contribution in [1.29, 1.82) is 0 Å². The normalized spacial score (nSPS) is 20.1. The van der Waals surface area contributed by atoms with Gasteiger partial charge in [-0.3, -0.25) is 0 Å². The summed E-state index contributed by atoms with van der Waals surface area (Å²) in [5.74, 6) is -0.0487. The Morgan fingerprint density at radius 1 is 1.26 bits per heavy atom. The maximum atomic E-state index is 14.1. The number of aromatic nitrogens is 2. The van der Waals surface area contributed by atoms with Gasteiger partial charge in [0, 0.05) is 5.69 Å². The zero-order valence-corrected chi connectivity index (χ0v) is 12.7. The van der Waals surface area contributed by atoms with E-state index in [2.05, 4.69) is 9.97 Å². The van der Waals surface area contributed by atoms with Crippen LogP contribution in [0.5, 0.6) is 5.75 Å². The SMILES string of the molecule is CCOc1c(N)nc(-c2ccc(N)cc2F)nc1C1OC(C)O1. The molecule has 4 N–H and O–H groups in total. The molecule has 122 valence electrons. The van der Waals surface area contributed by atoms with E-state index in [-0.39, 0.29) is 29.2 Å². The van der Waals surface area contributed by atoms with E-state index in [1.165, 1.54) is 12.1 Å². The Morgan fingerprint density at radius 3 is 2.61 bits per heavy atom. The zero-order chi connectivity index (χ0) is 16.6. The summed E-state index contributed by atoms with van der Waals surface area (Å²) in [5.41, 5.74) is 12.3. The summed E-state index contributed by atoms with van der Waals surface area (Å²) >= 11 is 0. The minimum atomic E-state index is -0.715. The van der Waals surface area contributed by atoms with Gasteiger partial charge in [-0.1, -0.05) is 0 Å². The molecule has 23 heavy (non-hydrogen) atoms. The van der Waals surface area contributed by atoms with Gasteiger partial charge in [0.25, 0.3) is 0 Å². The van der Waals surface area contributed by atoms with Gasteiger partial charge in [0.2, 0.25) is 6.29 Å². The van der Waals surface area contributed by atoms with E-state index in [4.69, 9.17) is 25.7 Å². The lowest BCUT2D eigenvalue weighted by Crippen LogP contribution is -2.33. The number of benzene rings is 1. The summed E-state index contributed by atoms with van der Waals surface area (Å²) in [6.45, 7) is 3.93. The number of rotatable bonds is 4. The van der Waals surface area contributed by atoms with Crippen LogP contribution in [0.4, 0.5) is 15.9 Å². The van der Waals surface area contributed by atoms with Gasteiger partial charge >= 0.3 is 0 Å². The molecule has 3 rings (SSSR count). The number of nitrogens with zero attached hydrogens (tertiary/aromatic N) is 2. The number of halogens is 1. The summed E-state index contributed by atoms with van der Waals surface area (Å²) in [6, 6.07) is 4.25. The number of nitrogen functional groups attached to an aromatic ring is 2. The molecule has 1 aliphatic rings. The van der Waals surface area contributed by atoms with E-state index in [9.17, 15) is 4.39 Å². The van der Waals surface area contributed by atoms with Crippen LogP contribution in [0.25, 0.3) is 11.4 Å². The van der Waals surface area contributed by atoms with Gasteiger partial charge < -0.3 is 25.7 Å². The standard InChI is InChI=1S/C15H17FN4O3/c1-3-21-12-11(15-22-7(2)23-15)19-14(20-13(12)18)9-5-4-8(17)6-10(9)16/h4-7,15H,3,17H2,1-2H3,(H2,18,19,20). The van der Waals surface area contributed by atoms with E-state index in [1.54, 1.807) is 13.0 Å². The molecule has 1 fully saturated rings. The van der Waals surface area contributed by atoms with Crippen LogP contribution in [0.3, 0.4) is 0 Å². The maximum absolute atomic E-state index is 14.1. The van der Waals surface area contributed by atoms with E-state index in [0.29, 0.717) is 18.0 Å². The second-order valence-corrected chi connectivity index (χ2v) is 4.99. The van der Waals surface area contributed by atoms with Crippen molar-refractivity contribution in [1.82, 2.24) is 9.97 Å². The molecule has 0 bridgehead atoms. The van der Waals surface area contributed by atoms with Crippen molar-refractivity contribution in [2.24, 2.45) is 0 Å². The lowest BCUT2D eigenvalue weighted by molar-refractivity contribution is -0.384. The molecule has 1 aromatic heterocycles. The Kier molecular flexibility index (Phi) is 4.01. The average Bonchev–Trinajstić information content (AvgIpc) is 2.46. The first kappa shape index (κ1) is 15.4. The Balaban J connectivity index is 2.08. The topological polar surface area (TPSA) is 106 Å². The van der Waals surface area contributed by atoms with E-state index in [1.807, 2.05) is 6.92 Å². The fourth-order valence-corrected chi connectivity index (χ4v) is 2.26. The Morgan fingerprint density at radius 2 is 2.00 bits per heavy atom. The molecule has 0 aliphatic carbocycles. The van der Waals surface area contributed by atoms with Gasteiger partial charge in [-0.2, -0.15) is 0 Å². The minimum Gasteiger partial charge on any atom is -0.488 e. The average molecular weight is 320 g/mol. The second kappa shape index (κ2) is 5.98. The highest BCUT2D eigenvalue weighted by Crippen LogP contribution is 2.39. The minimum absolute atomic E-state index is 0.0924. The smallest absolute Gasteiger partial charge is 0.210 e. The molecule has 0 atom stereocenters. The van der Waals surface area contributed by atoms with Crippen molar-refractivity contribution in [2.75, 3.05) is 18.1 Å². The molecule has 0 amide bonds. The molecular weight excluding hydrogens is 303 g/mol. The molecular formula is C15H17FN4O3. The van der Waals surface area contributed by atoms with Crippen molar-refractivity contribution in [3.63, 3.8) is 0 Å². The van der Waals surface area contributed by atoms with Gasteiger partial charge in [-0.15, -0.1) is 0 Å². The molecule has 0 unspecified atom stereocenters. The Bertz CT molecular complexity index is 735. The fourth-order valence-electron chi connectivity index (χ4n) is 2.26. The van der Waals surface area contributed by atoms with E-state index < -0.39 is 12.1 Å². The van der Waals surface area contributed by atoms with Crippen molar-refractivity contribution >= 4 is 11.5 Å². The first-order chi connectivity index (χ1) is 11.0. The maximum Gasteiger partial charge on any atom is 0.210 e. The third-order valence-electron chi connectivity index (χ3n) is 3.29. The highest BCUT2D eigenvalue weighted by atomic mass is 19.1. The molecule has 2 aromatic rings. The summed E-state index contributed by atoms with van der Waals surface area (Å²) < 4.78 is 30.5. The number of nitrogens with two attached hydrogens (primary N) is 2. The molecule has 2 heterocycles. The van der Waals surface area contributed by atoms with Crippen LogP contribution in [-0.2, 0) is 9.47 Å². The molecule has 1 aromatic carbocycles. The molecule has 8 heteroatoms. The third-order valence-corrected chi connectivity index (χ3v) is 3.29. The van der Waals surface area contributed by atoms with E-state index >= 15 is 0 Å². The molecule has 0 saturated carbocycles. The monoisotopic (exact) mass is 320 g/mol. The van der Waals surface area contributed by atoms with Crippen LogP contribution in [-0.4, -0.2) is 22.9 Å². The largest absolute Gasteiger partial charge is 0.488 e. The fraction of sp³-hybridized carbons (Fsp3) is 0.333. The molecule has 1 aliphatic heterocycles. The summed E-state index contributed by atoms with van der Waals surface area (Å²) in [4.78, 5) is 8.45. The predicted octanol–water partition coefficient (Wildman–Crippen LogP) is 2.24. The van der Waals surface area contributed by atoms with Crippen LogP contribution in [0.15, 0.2) is 18.2 Å². The summed E-state index contributed by atoms with van der Waals surface area (Å²) in [7, 11) is 0. The highest BCUT2D eigenvalue weighted by Gasteiger charge is 2.34. The van der Waals surface area contributed by atoms with Gasteiger partial charge in [0.1, 0.15) is 11.5 Å². The van der Waals surface area contributed by atoms with Crippen LogP contribution < -0.4 is 16.2 Å². The Labute approximate surface area is 132 Å². The third kappa shape index (κ3) is 2.90. The van der Waals surface area contributed by atoms with Gasteiger partial charge in [0.15, 0.2) is 23.7 Å². The van der Waals surface area contributed by atoms with Crippen LogP contribution in [0.2, 0.25) is 0 Å². The zero-order valence-electron chi connectivity index (χ0n) is 12.7. The summed E-state index contributed by atoms with van der Waals surface area (Å²) in [6.07, 6.45) is -1.06. The van der Waals surface area contributed by atoms with Crippen molar-refractivity contribution in [3.8, 4) is 17.1 Å².